The zero-order chi connectivity index (χ0) is 7.56. The van der Waals surface area contributed by atoms with Crippen molar-refractivity contribution >= 4 is 15.9 Å². The summed E-state index contributed by atoms with van der Waals surface area (Å²) in [5, 5.41) is 9.97. The van der Waals surface area contributed by atoms with Crippen molar-refractivity contribution in [3.63, 3.8) is 0 Å². The highest BCUT2D eigenvalue weighted by Gasteiger charge is 2.01. The molecule has 2 nitrogen and oxygen atoms in total. The third kappa shape index (κ3) is 1.29. The molecule has 1 rings (SSSR count). The van der Waals surface area contributed by atoms with E-state index in [9.17, 15) is 5.11 Å². The molecular formula is C7H8BrNO. The molecule has 1 aromatic heterocycles. The maximum absolute atomic E-state index is 9.31. The third-order valence-electron chi connectivity index (χ3n) is 1.33. The minimum atomic E-state index is 0.291. The van der Waals surface area contributed by atoms with Crippen LogP contribution in [-0.2, 0) is 5.33 Å². The van der Waals surface area contributed by atoms with E-state index in [-0.39, 0.29) is 0 Å². The number of alkyl halides is 1. The number of pyridine rings is 1. The summed E-state index contributed by atoms with van der Waals surface area (Å²) in [5.41, 5.74) is 1.56. The maximum Gasteiger partial charge on any atom is 0.140 e. The summed E-state index contributed by atoms with van der Waals surface area (Å²) in [7, 11) is 0. The Hall–Kier alpha value is -0.570. The van der Waals surface area contributed by atoms with Crippen molar-refractivity contribution < 1.29 is 5.11 Å². The molecule has 0 aliphatic carbocycles. The Morgan fingerprint density at radius 2 is 2.40 bits per heavy atom. The van der Waals surface area contributed by atoms with Gasteiger partial charge in [0.15, 0.2) is 0 Å². The number of hydrogen-bond acceptors (Lipinski definition) is 2. The second-order valence-electron chi connectivity index (χ2n) is 2.04. The van der Waals surface area contributed by atoms with Crippen molar-refractivity contribution in [1.82, 2.24) is 4.98 Å². The molecule has 0 aliphatic heterocycles. The molecule has 0 bridgehead atoms. The lowest BCUT2D eigenvalue weighted by Gasteiger charge is -2.00. The zero-order valence-corrected chi connectivity index (χ0v) is 7.22. The first-order valence-corrected chi connectivity index (χ1v) is 4.07. The Balaban J connectivity index is 3.14. The highest BCUT2D eigenvalue weighted by molar-refractivity contribution is 9.08. The molecule has 1 heterocycles. The van der Waals surface area contributed by atoms with E-state index in [1.807, 2.05) is 0 Å². The molecule has 0 radical (unpaired) electrons. The van der Waals surface area contributed by atoms with Crippen LogP contribution >= 0.6 is 15.9 Å². The summed E-state index contributed by atoms with van der Waals surface area (Å²) >= 11 is 3.25. The second-order valence-corrected chi connectivity index (χ2v) is 2.60. The van der Waals surface area contributed by atoms with Gasteiger partial charge in [-0.2, -0.15) is 0 Å². The lowest BCUT2D eigenvalue weighted by Crippen LogP contribution is -1.85. The van der Waals surface area contributed by atoms with Gasteiger partial charge in [-0.25, -0.2) is 0 Å². The summed E-state index contributed by atoms with van der Waals surface area (Å²) in [5.74, 6) is 0.291. The van der Waals surface area contributed by atoms with Crippen LogP contribution < -0.4 is 0 Å². The van der Waals surface area contributed by atoms with E-state index in [2.05, 4.69) is 20.9 Å². The number of halogens is 1. The summed E-state index contributed by atoms with van der Waals surface area (Å²) in [6, 6.07) is 1.79. The van der Waals surface area contributed by atoms with Crippen LogP contribution in [0.15, 0.2) is 12.3 Å². The van der Waals surface area contributed by atoms with Crippen LogP contribution in [0.2, 0.25) is 0 Å². The van der Waals surface area contributed by atoms with E-state index in [0.29, 0.717) is 16.8 Å². The molecule has 1 aromatic rings. The first-order chi connectivity index (χ1) is 4.75. The van der Waals surface area contributed by atoms with E-state index >= 15 is 0 Å². The molecule has 0 saturated carbocycles. The summed E-state index contributed by atoms with van der Waals surface area (Å²) < 4.78 is 0. The van der Waals surface area contributed by atoms with Crippen molar-refractivity contribution in [2.45, 2.75) is 12.3 Å². The van der Waals surface area contributed by atoms with Gasteiger partial charge in [-0.3, -0.25) is 4.98 Å². The highest BCUT2D eigenvalue weighted by Crippen LogP contribution is 2.20. The first kappa shape index (κ1) is 7.54. The molecular weight excluding hydrogens is 194 g/mol. The molecule has 0 aliphatic rings. The Morgan fingerprint density at radius 3 is 2.90 bits per heavy atom. The van der Waals surface area contributed by atoms with Crippen LogP contribution in [0.3, 0.4) is 0 Å². The predicted octanol–water partition coefficient (Wildman–Crippen LogP) is 1.99. The first-order valence-electron chi connectivity index (χ1n) is 2.95. The van der Waals surface area contributed by atoms with Crippen molar-refractivity contribution in [3.8, 4) is 5.75 Å². The molecule has 0 saturated heterocycles. The number of aromatic nitrogens is 1. The molecule has 0 unspecified atom stereocenters. The van der Waals surface area contributed by atoms with E-state index < -0.39 is 0 Å². The molecule has 0 atom stereocenters. The Bertz CT molecular complexity index is 237. The van der Waals surface area contributed by atoms with Gasteiger partial charge < -0.3 is 5.11 Å². The smallest absolute Gasteiger partial charge is 0.140 e. The van der Waals surface area contributed by atoms with Gasteiger partial charge in [-0.15, -0.1) is 0 Å². The van der Waals surface area contributed by atoms with Crippen LogP contribution in [-0.4, -0.2) is 10.1 Å². The third-order valence-corrected chi connectivity index (χ3v) is 1.94. The average Bonchev–Trinajstić information content (AvgIpc) is 1.95. The van der Waals surface area contributed by atoms with Gasteiger partial charge in [0.2, 0.25) is 0 Å². The van der Waals surface area contributed by atoms with Crippen LogP contribution in [0.5, 0.6) is 5.75 Å². The van der Waals surface area contributed by atoms with E-state index in [1.54, 1.807) is 19.2 Å². The zero-order valence-electron chi connectivity index (χ0n) is 5.63. The van der Waals surface area contributed by atoms with Crippen molar-refractivity contribution in [2.75, 3.05) is 0 Å². The molecule has 0 spiro atoms. The fourth-order valence-corrected chi connectivity index (χ4v) is 1.17. The topological polar surface area (TPSA) is 33.1 Å². The van der Waals surface area contributed by atoms with Crippen molar-refractivity contribution in [1.29, 1.82) is 0 Å². The monoisotopic (exact) mass is 201 g/mol. The molecule has 0 amide bonds. The molecule has 3 heteroatoms. The molecule has 10 heavy (non-hydrogen) atoms. The minimum Gasteiger partial charge on any atom is -0.506 e. The number of aryl methyl sites for hydroxylation is 1. The number of rotatable bonds is 1. The number of hydrogen-bond donors (Lipinski definition) is 1. The lowest BCUT2D eigenvalue weighted by atomic mass is 10.2. The average molecular weight is 202 g/mol. The standard InChI is InChI=1S/C7H8BrNO/c1-5-7(10)6(4-8)2-3-9-5/h2-3,10H,4H2,1H3. The van der Waals surface area contributed by atoms with Crippen LogP contribution in [0.1, 0.15) is 11.3 Å². The van der Waals surface area contributed by atoms with Crippen LogP contribution in [0.4, 0.5) is 0 Å². The Kier molecular flexibility index (Phi) is 2.27. The Labute approximate surface area is 68.0 Å². The van der Waals surface area contributed by atoms with Gasteiger partial charge in [0, 0.05) is 17.1 Å². The lowest BCUT2D eigenvalue weighted by molar-refractivity contribution is 0.463. The maximum atomic E-state index is 9.31. The molecule has 54 valence electrons. The van der Waals surface area contributed by atoms with Crippen LogP contribution in [0.25, 0.3) is 0 Å². The second kappa shape index (κ2) is 3.01. The van der Waals surface area contributed by atoms with Gasteiger partial charge in [0.25, 0.3) is 0 Å². The predicted molar refractivity (Wildman–Crippen MR) is 43.3 cm³/mol. The normalized spacial score (nSPS) is 9.80. The number of aromatic hydroxyl groups is 1. The van der Waals surface area contributed by atoms with Crippen LogP contribution in [0, 0.1) is 6.92 Å². The molecule has 0 fully saturated rings. The molecule has 0 aromatic carbocycles. The quantitative estimate of drug-likeness (QED) is 0.706. The SMILES string of the molecule is Cc1nccc(CBr)c1O. The fourth-order valence-electron chi connectivity index (χ4n) is 0.719. The largest absolute Gasteiger partial charge is 0.506 e. The summed E-state index contributed by atoms with van der Waals surface area (Å²) in [6.07, 6.45) is 1.69. The summed E-state index contributed by atoms with van der Waals surface area (Å²) in [4.78, 5) is 3.92. The van der Waals surface area contributed by atoms with Gasteiger partial charge in [-0.1, -0.05) is 15.9 Å². The van der Waals surface area contributed by atoms with Gasteiger partial charge >= 0.3 is 0 Å². The molecule has 1 N–H and O–H groups in total. The summed E-state index contributed by atoms with van der Waals surface area (Å²) in [6.45, 7) is 1.78. The number of nitrogens with zero attached hydrogens (tertiary/aromatic N) is 1. The van der Waals surface area contributed by atoms with E-state index in [4.69, 9.17) is 0 Å². The van der Waals surface area contributed by atoms with E-state index in [0.717, 1.165) is 5.56 Å². The highest BCUT2D eigenvalue weighted by atomic mass is 79.9. The Morgan fingerprint density at radius 1 is 1.70 bits per heavy atom. The van der Waals surface area contributed by atoms with Gasteiger partial charge in [-0.05, 0) is 13.0 Å². The van der Waals surface area contributed by atoms with Crippen molar-refractivity contribution in [3.05, 3.63) is 23.5 Å². The van der Waals surface area contributed by atoms with E-state index in [1.165, 1.54) is 0 Å². The van der Waals surface area contributed by atoms with Crippen molar-refractivity contribution in [2.24, 2.45) is 0 Å². The van der Waals surface area contributed by atoms with Gasteiger partial charge in [0.05, 0.1) is 5.69 Å². The van der Waals surface area contributed by atoms with Gasteiger partial charge in [0.1, 0.15) is 5.75 Å². The minimum absolute atomic E-state index is 0.291. The fraction of sp³-hybridized carbons (Fsp3) is 0.286.